The monoisotopic (exact) mass is 1390 g/mol. The number of aromatic amines is 1. The molecule has 34 nitrogen and oxygen atoms in total. The normalized spacial score (nSPS) is 15.5. The average molecular weight is 1390 g/mol. The summed E-state index contributed by atoms with van der Waals surface area (Å²) in [5, 5.41) is 38.2. The van der Waals surface area contributed by atoms with E-state index in [0.29, 0.717) is 71.0 Å². The van der Waals surface area contributed by atoms with Gasteiger partial charge in [0.1, 0.15) is 48.3 Å². The van der Waals surface area contributed by atoms with Crippen molar-refractivity contribution in [2.75, 3.05) is 61.0 Å². The van der Waals surface area contributed by atoms with Crippen molar-refractivity contribution in [3.8, 4) is 11.5 Å². The highest BCUT2D eigenvalue weighted by atomic mass is 32.2. The number of fused-ring (bicyclic) bond motifs is 5. The van der Waals surface area contributed by atoms with Crippen LogP contribution < -0.4 is 91.1 Å². The van der Waals surface area contributed by atoms with Gasteiger partial charge < -0.3 is 80.4 Å². The maximum Gasteiger partial charge on any atom is 0.326 e. The van der Waals surface area contributed by atoms with Crippen LogP contribution in [-0.2, 0) is 51.9 Å². The molecule has 3 aliphatic rings. The van der Waals surface area contributed by atoms with Crippen molar-refractivity contribution >= 4 is 97.7 Å². The zero-order valence-corrected chi connectivity index (χ0v) is 56.2. The third-order valence-corrected chi connectivity index (χ3v) is 18.0. The van der Waals surface area contributed by atoms with Gasteiger partial charge in [-0.1, -0.05) is 0 Å². The number of ether oxygens (including phenoxy) is 1. The van der Waals surface area contributed by atoms with Crippen LogP contribution in [-0.4, -0.2) is 171 Å². The fourth-order valence-electron chi connectivity index (χ4n) is 12.3. The van der Waals surface area contributed by atoms with E-state index >= 15 is 0 Å². The number of anilines is 3. The third kappa shape index (κ3) is 21.0. The molecule has 2 aromatic heterocycles. The summed E-state index contributed by atoms with van der Waals surface area (Å²) in [7, 11) is -4.38. The highest BCUT2D eigenvalue weighted by Crippen LogP contribution is 2.49. The number of nitrogens with zero attached hydrogens (tertiary/aromatic N) is 8. The fourth-order valence-corrected chi connectivity index (χ4v) is 13.1. The largest absolute Gasteiger partial charge is 0.480 e. The van der Waals surface area contributed by atoms with Gasteiger partial charge in [0.05, 0.1) is 30.3 Å². The predicted molar refractivity (Wildman–Crippen MR) is 367 cm³/mol. The van der Waals surface area contributed by atoms with Crippen LogP contribution in [0.4, 0.5) is 23.0 Å². The molecule has 0 bridgehead atoms. The Morgan fingerprint density at radius 3 is 2.11 bits per heavy atom. The highest BCUT2D eigenvalue weighted by molar-refractivity contribution is 7.85. The topological polar surface area (TPSA) is 541 Å². The Labute approximate surface area is 569 Å². The lowest BCUT2D eigenvalue weighted by atomic mass is 9.79. The standard InChI is InChI=1S/C64H86N20O14S/c1-4-83-25-9-11-36-27-45-49(29-47(36)83)98-50-30-48-40(28-46(50)76-45)37(34-99(95,96)97)31-64(2,3)84(48)26-10-15-51(85)70-22-6-5-12-43(59(91)92)80-57(89)42(14-8-24-72-62(67)68)78-56(88)41(13-7-23-71-61(65)66)77-52(86)21-20-44(60(93)94)79-55(87)35-16-18-38(19-17-35)73-32-39-33-74-54-53(75-39)58(90)82-63(69)81-54/h16-19,27-30,33,37,41-44H,4-15,20-26,31-32,34H2,1-3H3,(H19-,65,66,67,68,69,70,71,72,73,74,77,78,79,80,81,82,85,86,87,88,89,90,91,92,93,94,95,96,97)/p+1/t37?,41-,42-,43-,44?/m0/s1. The minimum Gasteiger partial charge on any atom is -0.480 e. The number of aliphatic carboxylic acids is 2. The highest BCUT2D eigenvalue weighted by Gasteiger charge is 2.41. The lowest BCUT2D eigenvalue weighted by molar-refractivity contribution is -0.142. The molecule has 2 unspecified atom stereocenters. The van der Waals surface area contributed by atoms with Crippen LogP contribution in [0.5, 0.6) is 11.5 Å². The molecule has 5 amide bonds. The number of benzene rings is 3. The smallest absolute Gasteiger partial charge is 0.326 e. The van der Waals surface area contributed by atoms with Crippen molar-refractivity contribution in [1.29, 1.82) is 0 Å². The molecule has 5 aromatic rings. The van der Waals surface area contributed by atoms with Crippen LogP contribution in [0.3, 0.4) is 0 Å². The van der Waals surface area contributed by atoms with Gasteiger partial charge in [-0.2, -0.15) is 13.4 Å². The number of nitrogen functional groups attached to an aromatic ring is 1. The van der Waals surface area contributed by atoms with Crippen LogP contribution >= 0.6 is 0 Å². The first-order chi connectivity index (χ1) is 47.0. The molecule has 35 heteroatoms. The van der Waals surface area contributed by atoms with E-state index in [1.807, 2.05) is 32.0 Å². The number of aromatic nitrogens is 4. The summed E-state index contributed by atoms with van der Waals surface area (Å²) in [6, 6.07) is 7.97. The minimum atomic E-state index is -4.38. The number of hydrogen-bond acceptors (Lipinski definition) is 20. The van der Waals surface area contributed by atoms with E-state index in [4.69, 9.17) is 38.4 Å². The Hall–Kier alpha value is -10.6. The molecule has 3 aliphatic heterocycles. The number of H-pyrrole nitrogens is 1. The van der Waals surface area contributed by atoms with Gasteiger partial charge in [-0.25, -0.2) is 29.1 Å². The van der Waals surface area contributed by atoms with E-state index in [9.17, 15) is 61.5 Å². The van der Waals surface area contributed by atoms with E-state index in [0.717, 1.165) is 31.3 Å². The van der Waals surface area contributed by atoms with Gasteiger partial charge in [0.15, 0.2) is 34.6 Å². The number of carbonyl (C=O) groups excluding carboxylic acids is 5. The molecule has 0 saturated heterocycles. The van der Waals surface area contributed by atoms with Gasteiger partial charge in [-0.15, -0.1) is 0 Å². The summed E-state index contributed by atoms with van der Waals surface area (Å²) in [5.74, 6) is -6.95. The molecule has 532 valence electrons. The zero-order chi connectivity index (χ0) is 71.7. The molecule has 99 heavy (non-hydrogen) atoms. The number of amides is 5. The number of aryl methyl sites for hydroxylation is 1. The molecule has 0 saturated carbocycles. The van der Waals surface area contributed by atoms with E-state index in [1.165, 1.54) is 23.9 Å². The fraction of sp³-hybridized carbons (Fsp3) is 0.484. The molecule has 20 N–H and O–H groups in total. The first-order valence-electron chi connectivity index (χ1n) is 32.7. The first-order valence-corrected chi connectivity index (χ1v) is 34.3. The van der Waals surface area contributed by atoms with Crippen LogP contribution in [0, 0.1) is 0 Å². The Morgan fingerprint density at radius 1 is 0.798 bits per heavy atom. The number of carbonyl (C=O) groups is 7. The lowest BCUT2D eigenvalue weighted by Gasteiger charge is -2.48. The van der Waals surface area contributed by atoms with Crippen LogP contribution in [0.15, 0.2) is 74.5 Å². The Bertz CT molecular complexity index is 4220. The number of hydrogen-bond donors (Lipinski definition) is 15. The SMILES string of the molecule is CC[N+]1=c2cc3c(cc2CCC1)=Nc1cc2c(cc1O3)N(CCCC(=O)NCCCC[C@H](NC(=O)[C@H](CCCN=C(N)N)NC(=O)[C@H](CCCN=C(N)N)NC(=O)CCC(NC(=O)c1ccc(NCc3cnc4nc(N)[nH]c(=O)c4n3)cc1)C(=O)O)C(=O)O)C(C)(C)CC2CS(=O)(=O)O. The Balaban J connectivity index is 0.830. The zero-order valence-electron chi connectivity index (χ0n) is 55.3. The number of nitrogens with two attached hydrogens (primary N) is 5. The summed E-state index contributed by atoms with van der Waals surface area (Å²) < 4.78 is 43.7. The van der Waals surface area contributed by atoms with E-state index in [-0.39, 0.29) is 112 Å². The Morgan fingerprint density at radius 2 is 1.45 bits per heavy atom. The predicted octanol–water partition coefficient (Wildman–Crippen LogP) is -0.242. The van der Waals surface area contributed by atoms with Crippen molar-refractivity contribution in [3.05, 3.63) is 98.2 Å². The number of rotatable bonds is 35. The quantitative estimate of drug-likeness (QED) is 0.00802. The summed E-state index contributed by atoms with van der Waals surface area (Å²) >= 11 is 0. The second-order valence-corrected chi connectivity index (χ2v) is 26.6. The number of carboxylic acids is 2. The summed E-state index contributed by atoms with van der Waals surface area (Å²) in [6.45, 7) is 8.60. The number of unbranched alkanes of at least 4 members (excludes halogenated alkanes) is 1. The number of nitrogens with one attached hydrogen (secondary N) is 7. The minimum absolute atomic E-state index is 0.00876. The molecular weight excluding hydrogens is 1300 g/mol. The molecule has 8 rings (SSSR count). The van der Waals surface area contributed by atoms with Crippen molar-refractivity contribution in [3.63, 3.8) is 0 Å². The van der Waals surface area contributed by atoms with E-state index < -0.39 is 105 Å². The number of aliphatic imine (C=N–C) groups is 2. The maximum absolute atomic E-state index is 14.1. The van der Waals surface area contributed by atoms with Gasteiger partial charge in [-0.3, -0.25) is 48.3 Å². The van der Waals surface area contributed by atoms with Crippen LogP contribution in [0.2, 0.25) is 0 Å². The lowest BCUT2D eigenvalue weighted by Crippen LogP contribution is -2.55. The molecule has 0 radical (unpaired) electrons. The van der Waals surface area contributed by atoms with Gasteiger partial charge in [0.25, 0.3) is 21.6 Å². The first kappa shape index (κ1) is 74.2. The Kier molecular flexibility index (Phi) is 25.2. The van der Waals surface area contributed by atoms with E-state index in [1.54, 1.807) is 12.1 Å². The van der Waals surface area contributed by atoms with Gasteiger partial charge in [0, 0.05) is 85.5 Å². The maximum atomic E-state index is 14.1. The number of carboxylic acid groups (broad SMARTS) is 2. The summed E-state index contributed by atoms with van der Waals surface area (Å²) in [5.41, 5.74) is 30.6. The second kappa shape index (κ2) is 33.6. The van der Waals surface area contributed by atoms with E-state index in [2.05, 4.69) is 84.3 Å². The molecular formula is C64H87N20O14S+. The molecule has 0 spiro atoms. The third-order valence-electron chi connectivity index (χ3n) is 17.1. The molecule has 5 atom stereocenters. The van der Waals surface area contributed by atoms with Crippen molar-refractivity contribution < 1.29 is 61.5 Å². The average Bonchev–Trinajstić information content (AvgIpc) is 0.738. The molecule has 5 heterocycles. The molecule has 0 aliphatic carbocycles. The second-order valence-electron chi connectivity index (χ2n) is 25.1. The van der Waals surface area contributed by atoms with Crippen molar-refractivity contribution in [2.24, 2.45) is 37.9 Å². The van der Waals surface area contributed by atoms with Crippen LogP contribution in [0.1, 0.15) is 137 Å². The van der Waals surface area contributed by atoms with Gasteiger partial charge >= 0.3 is 11.9 Å². The summed E-state index contributed by atoms with van der Waals surface area (Å²) in [4.78, 5) is 135. The van der Waals surface area contributed by atoms with Crippen LogP contribution in [0.25, 0.3) is 11.2 Å². The van der Waals surface area contributed by atoms with Crippen molar-refractivity contribution in [1.82, 2.24) is 51.1 Å². The van der Waals surface area contributed by atoms with Gasteiger partial charge in [0.2, 0.25) is 34.9 Å². The van der Waals surface area contributed by atoms with Gasteiger partial charge in [-0.05, 0) is 133 Å². The molecule has 0 fully saturated rings. The molecule has 3 aromatic carbocycles. The van der Waals surface area contributed by atoms with Crippen molar-refractivity contribution in [2.45, 2.75) is 153 Å². The summed E-state index contributed by atoms with van der Waals surface area (Å²) in [6.07, 6.45) is 3.87. The number of guanidine groups is 2.